The molecule has 186 valence electrons. The van der Waals surface area contributed by atoms with E-state index in [0.717, 1.165) is 40.4 Å². The lowest BCUT2D eigenvalue weighted by atomic mass is 9.95. The molecule has 0 aromatic carbocycles. The topological polar surface area (TPSA) is 226 Å². The highest BCUT2D eigenvalue weighted by molar-refractivity contribution is 8.00. The number of nitrogens with zero attached hydrogens (tertiary/aromatic N) is 5. The molecule has 4 fully saturated rings. The molecule has 4 aliphatic rings. The second kappa shape index (κ2) is 9.41. The molecule has 17 heteroatoms. The molecule has 3 amide bonds. The van der Waals surface area contributed by atoms with Crippen LogP contribution in [-0.4, -0.2) is 132 Å². The van der Waals surface area contributed by atoms with Crippen LogP contribution in [0.5, 0.6) is 0 Å². The molecule has 4 aliphatic heterocycles. The summed E-state index contributed by atoms with van der Waals surface area (Å²) in [6.45, 7) is 0. The van der Waals surface area contributed by atoms with Gasteiger partial charge in [0, 0.05) is 16.4 Å². The van der Waals surface area contributed by atoms with Crippen molar-refractivity contribution in [2.45, 2.75) is 59.3 Å². The summed E-state index contributed by atoms with van der Waals surface area (Å²) in [7, 11) is 1.15. The minimum Gasteiger partial charge on any atom is -0.467 e. The van der Waals surface area contributed by atoms with Gasteiger partial charge in [-0.25, -0.2) is 4.79 Å². The third-order valence-electron chi connectivity index (χ3n) is 6.30. The quantitative estimate of drug-likeness (QED) is 0.105. The molecule has 0 bridgehead atoms. The first kappa shape index (κ1) is 24.8. The number of thioether (sulfide) groups is 2. The minimum atomic E-state index is -1.69. The van der Waals surface area contributed by atoms with Crippen LogP contribution in [0.4, 0.5) is 0 Å². The smallest absolute Gasteiger partial charge is 0.329 e. The van der Waals surface area contributed by atoms with Gasteiger partial charge in [-0.05, 0) is 5.53 Å². The average Bonchev–Trinajstić information content (AvgIpc) is 3.46. The fourth-order valence-electron chi connectivity index (χ4n) is 4.56. The summed E-state index contributed by atoms with van der Waals surface area (Å²) in [5, 5.41) is 45.2. The van der Waals surface area contributed by atoms with Gasteiger partial charge in [0.2, 0.25) is 17.7 Å². The molecule has 0 radical (unpaired) electrons. The van der Waals surface area contributed by atoms with E-state index in [0.29, 0.717) is 0 Å². The van der Waals surface area contributed by atoms with Gasteiger partial charge in [0.1, 0.15) is 59.3 Å². The van der Waals surface area contributed by atoms with Crippen LogP contribution in [0.2, 0.25) is 0 Å². The molecule has 0 aromatic rings. The Morgan fingerprint density at radius 2 is 1.56 bits per heavy atom. The highest BCUT2D eigenvalue weighted by atomic mass is 32.2. The predicted octanol–water partition coefficient (Wildman–Crippen LogP) is -3.67. The van der Waals surface area contributed by atoms with E-state index in [1.807, 2.05) is 0 Å². The number of methoxy groups -OCH3 is 1. The van der Waals surface area contributed by atoms with E-state index >= 15 is 0 Å². The second-order valence-electron chi connectivity index (χ2n) is 8.09. The number of piperidine rings is 2. The molecule has 0 saturated carbocycles. The summed E-state index contributed by atoms with van der Waals surface area (Å²) >= 11 is 2.11. The molecule has 15 nitrogen and oxygen atoms in total. The maximum atomic E-state index is 13.1. The van der Waals surface area contributed by atoms with Crippen LogP contribution >= 0.6 is 23.5 Å². The molecular weight excluding hydrogens is 496 g/mol. The van der Waals surface area contributed by atoms with E-state index in [9.17, 15) is 39.6 Å². The van der Waals surface area contributed by atoms with Crippen LogP contribution in [0, 0.1) is 0 Å². The van der Waals surface area contributed by atoms with Gasteiger partial charge in [-0.1, -0.05) is 5.11 Å². The molecule has 4 saturated heterocycles. The lowest BCUT2D eigenvalue weighted by Crippen LogP contribution is -2.70. The van der Waals surface area contributed by atoms with Crippen molar-refractivity contribution < 1.29 is 44.3 Å². The van der Waals surface area contributed by atoms with Crippen molar-refractivity contribution in [3.8, 4) is 0 Å². The monoisotopic (exact) mass is 518 g/mol. The van der Waals surface area contributed by atoms with Crippen molar-refractivity contribution in [2.75, 3.05) is 18.6 Å². The second-order valence-corrected chi connectivity index (χ2v) is 10.4. The number of ether oxygens (including phenoxy) is 1. The highest BCUT2D eigenvalue weighted by Crippen LogP contribution is 2.39. The Morgan fingerprint density at radius 1 is 1.00 bits per heavy atom. The summed E-state index contributed by atoms with van der Waals surface area (Å²) in [5.41, 5.74) is 8.69. The number of fused-ring (bicyclic) bond motifs is 2. The van der Waals surface area contributed by atoms with E-state index in [-0.39, 0.29) is 11.5 Å². The van der Waals surface area contributed by atoms with Crippen molar-refractivity contribution in [1.82, 2.24) is 15.1 Å². The minimum absolute atomic E-state index is 0.0124. The number of aliphatic hydroxyl groups is 4. The van der Waals surface area contributed by atoms with Crippen LogP contribution in [-0.2, 0) is 23.9 Å². The van der Waals surface area contributed by atoms with Gasteiger partial charge in [0.15, 0.2) is 0 Å². The summed E-state index contributed by atoms with van der Waals surface area (Å²) in [4.78, 5) is 55.7. The van der Waals surface area contributed by atoms with Gasteiger partial charge in [-0.2, -0.15) is 0 Å². The Kier molecular flexibility index (Phi) is 6.87. The maximum Gasteiger partial charge on any atom is 0.329 e. The fourth-order valence-corrected chi connectivity index (χ4v) is 7.46. The zero-order chi connectivity index (χ0) is 24.9. The molecule has 0 spiro atoms. The third-order valence-corrected chi connectivity index (χ3v) is 9.01. The Hall–Kier alpha value is -2.27. The molecule has 5 N–H and O–H groups in total. The summed E-state index contributed by atoms with van der Waals surface area (Å²) in [6.07, 6.45) is -6.32. The van der Waals surface area contributed by atoms with Gasteiger partial charge in [0.25, 0.3) is 0 Å². The largest absolute Gasteiger partial charge is 0.467 e. The van der Waals surface area contributed by atoms with Crippen molar-refractivity contribution in [1.29, 1.82) is 0 Å². The number of nitrogens with one attached hydrogen (secondary N) is 1. The van der Waals surface area contributed by atoms with Gasteiger partial charge in [-0.3, -0.25) is 14.4 Å². The zero-order valence-corrected chi connectivity index (χ0v) is 19.2. The Bertz CT molecular complexity index is 950. The van der Waals surface area contributed by atoms with Gasteiger partial charge in [0.05, 0.1) is 7.11 Å². The first-order valence-corrected chi connectivity index (χ1v) is 12.3. The number of carbonyl (C=O) groups is 4. The molecule has 4 rings (SSSR count). The fraction of sp³-hybridized carbons (Fsp3) is 0.765. The predicted molar refractivity (Wildman–Crippen MR) is 115 cm³/mol. The van der Waals surface area contributed by atoms with Crippen LogP contribution in [0.3, 0.4) is 0 Å². The normalized spacial score (nSPS) is 41.4. The molecule has 0 aliphatic carbocycles. The first-order valence-electron chi connectivity index (χ1n) is 10.2. The third kappa shape index (κ3) is 3.77. The number of esters is 1. The number of rotatable bonds is 4. The van der Waals surface area contributed by atoms with Crippen molar-refractivity contribution in [3.05, 3.63) is 10.4 Å². The first-order chi connectivity index (χ1) is 16.1. The summed E-state index contributed by atoms with van der Waals surface area (Å²) < 4.78 is 4.71. The molecule has 34 heavy (non-hydrogen) atoms. The van der Waals surface area contributed by atoms with Crippen molar-refractivity contribution in [3.63, 3.8) is 0 Å². The van der Waals surface area contributed by atoms with E-state index in [1.165, 1.54) is 0 Å². The van der Waals surface area contributed by atoms with Gasteiger partial charge >= 0.3 is 5.97 Å². The highest BCUT2D eigenvalue weighted by Gasteiger charge is 2.58. The Labute approximate surface area is 200 Å². The molecule has 4 heterocycles. The molecular formula is C17H22N6O9S2. The molecule has 0 aromatic heterocycles. The number of azide groups is 1. The maximum absolute atomic E-state index is 13.1. The molecule has 10 atom stereocenters. The standard InChI is InChI=1S/C17H22N6O9S2/c1-32-17(31)5-3-34-16-10(26)8(24)6(13(29)23(5)16)19-12(28)4-2-33-15-11(27)9(25)7(20-21-18)14(30)22(4)15/h4-11,15-16,24-27H,2-3H2,1H3,(H,19,28)/t4-,5-,6-,7-,8-,9-,10-,11-,15-,16-/m0/s1. The molecule has 0 unspecified atom stereocenters. The average molecular weight is 519 g/mol. The van der Waals surface area contributed by atoms with Crippen molar-refractivity contribution >= 4 is 47.2 Å². The number of amides is 3. The van der Waals surface area contributed by atoms with Gasteiger partial charge < -0.3 is 40.3 Å². The number of aliphatic hydroxyl groups excluding tert-OH is 4. The van der Waals surface area contributed by atoms with Crippen LogP contribution in [0.25, 0.3) is 10.4 Å². The summed E-state index contributed by atoms with van der Waals surface area (Å²) in [6, 6.07) is -5.49. The van der Waals surface area contributed by atoms with Crippen molar-refractivity contribution in [2.24, 2.45) is 5.11 Å². The Balaban J connectivity index is 1.55. The number of hydrogen-bond donors (Lipinski definition) is 5. The van der Waals surface area contributed by atoms with E-state index in [4.69, 9.17) is 10.3 Å². The van der Waals surface area contributed by atoms with Crippen LogP contribution in [0.1, 0.15) is 0 Å². The SMILES string of the molecule is COC(=O)[C@@H]1CS[C@H]2[C@@H](O)[C@@H](O)[C@H](NC(=O)[C@@H]3CS[C@H]4[C@@H](O)[C@@H](O)[C@H](N=[N+]=[N-])C(=O)N34)C(=O)N12. The lowest BCUT2D eigenvalue weighted by Gasteiger charge is -2.43. The van der Waals surface area contributed by atoms with E-state index in [2.05, 4.69) is 15.3 Å². The van der Waals surface area contributed by atoms with E-state index < -0.39 is 83.0 Å². The van der Waals surface area contributed by atoms with Gasteiger partial charge in [-0.15, -0.1) is 23.5 Å². The summed E-state index contributed by atoms with van der Waals surface area (Å²) in [5.74, 6) is -3.12. The zero-order valence-electron chi connectivity index (χ0n) is 17.6. The Morgan fingerprint density at radius 3 is 2.15 bits per heavy atom. The van der Waals surface area contributed by atoms with Crippen LogP contribution in [0.15, 0.2) is 5.11 Å². The number of hydrogen-bond acceptors (Lipinski definition) is 12. The lowest BCUT2D eigenvalue weighted by molar-refractivity contribution is -0.165. The van der Waals surface area contributed by atoms with E-state index in [1.54, 1.807) is 0 Å². The van der Waals surface area contributed by atoms with Crippen LogP contribution < -0.4 is 5.32 Å². The number of carbonyl (C=O) groups excluding carboxylic acids is 4.